The first-order valence-electron chi connectivity index (χ1n) is 5.53. The van der Waals surface area contributed by atoms with E-state index in [0.717, 1.165) is 5.56 Å². The summed E-state index contributed by atoms with van der Waals surface area (Å²) in [6.07, 6.45) is 0. The fourth-order valence-corrected chi connectivity index (χ4v) is 3.08. The van der Waals surface area contributed by atoms with E-state index in [2.05, 4.69) is 4.72 Å². The van der Waals surface area contributed by atoms with Gasteiger partial charge in [0.25, 0.3) is 10.0 Å². The zero-order valence-electron chi connectivity index (χ0n) is 10.2. The van der Waals surface area contributed by atoms with Crippen LogP contribution in [0.25, 0.3) is 0 Å². The molecule has 2 aromatic carbocycles. The third-order valence-corrected chi connectivity index (χ3v) is 4.21. The van der Waals surface area contributed by atoms with Crippen LogP contribution < -0.4 is 10.5 Å². The Balaban J connectivity index is 2.36. The Hall–Kier alpha value is -1.72. The number of nitrogens with two attached hydrogens (primary N) is 1. The number of hydrogen-bond donors (Lipinski definition) is 2. The van der Waals surface area contributed by atoms with E-state index >= 15 is 0 Å². The van der Waals surface area contributed by atoms with Gasteiger partial charge in [-0.05, 0) is 42.8 Å². The fraction of sp³-hybridized carbons (Fsp3) is 0.0769. The molecule has 0 aromatic heterocycles. The summed E-state index contributed by atoms with van der Waals surface area (Å²) in [5.41, 5.74) is 7.21. The Labute approximate surface area is 117 Å². The summed E-state index contributed by atoms with van der Waals surface area (Å²) >= 11 is 5.95. The summed E-state index contributed by atoms with van der Waals surface area (Å²) in [7, 11) is -3.65. The van der Waals surface area contributed by atoms with Crippen LogP contribution in [-0.4, -0.2) is 8.42 Å². The second kappa shape index (κ2) is 5.11. The molecule has 0 spiro atoms. The van der Waals surface area contributed by atoms with Crippen LogP contribution in [0.4, 0.5) is 11.4 Å². The Morgan fingerprint density at radius 3 is 2.53 bits per heavy atom. The van der Waals surface area contributed by atoms with Crippen molar-refractivity contribution in [2.75, 3.05) is 10.5 Å². The zero-order valence-corrected chi connectivity index (χ0v) is 11.8. The van der Waals surface area contributed by atoms with Crippen molar-refractivity contribution in [3.05, 3.63) is 53.1 Å². The summed E-state index contributed by atoms with van der Waals surface area (Å²) < 4.78 is 26.8. The number of rotatable bonds is 3. The second-order valence-electron chi connectivity index (χ2n) is 4.16. The van der Waals surface area contributed by atoms with Crippen molar-refractivity contribution in [3.8, 4) is 0 Å². The monoisotopic (exact) mass is 296 g/mol. The topological polar surface area (TPSA) is 72.2 Å². The zero-order chi connectivity index (χ0) is 14.0. The molecule has 0 aliphatic heterocycles. The van der Waals surface area contributed by atoms with E-state index in [1.807, 2.05) is 13.0 Å². The number of nitrogens with one attached hydrogen (secondary N) is 1. The third-order valence-electron chi connectivity index (χ3n) is 2.54. The number of anilines is 2. The molecule has 100 valence electrons. The molecule has 2 rings (SSSR count). The number of benzene rings is 2. The summed E-state index contributed by atoms with van der Waals surface area (Å²) in [6.45, 7) is 1.83. The highest BCUT2D eigenvalue weighted by molar-refractivity contribution is 7.92. The number of hydrogen-bond acceptors (Lipinski definition) is 3. The van der Waals surface area contributed by atoms with Crippen molar-refractivity contribution in [2.45, 2.75) is 11.8 Å². The maximum absolute atomic E-state index is 12.2. The Morgan fingerprint density at radius 1 is 1.16 bits per heavy atom. The van der Waals surface area contributed by atoms with Crippen LogP contribution >= 0.6 is 11.6 Å². The molecule has 0 atom stereocenters. The van der Waals surface area contributed by atoms with Crippen LogP contribution in [-0.2, 0) is 10.0 Å². The molecule has 6 heteroatoms. The minimum Gasteiger partial charge on any atom is -0.399 e. The quantitative estimate of drug-likeness (QED) is 0.855. The molecule has 0 unspecified atom stereocenters. The van der Waals surface area contributed by atoms with Crippen LogP contribution in [0.2, 0.25) is 5.02 Å². The summed E-state index contributed by atoms with van der Waals surface area (Å²) in [4.78, 5) is 0.195. The Kier molecular flexibility index (Phi) is 3.68. The Morgan fingerprint density at radius 2 is 1.89 bits per heavy atom. The molecular weight excluding hydrogens is 284 g/mol. The maximum atomic E-state index is 12.2. The van der Waals surface area contributed by atoms with Crippen molar-refractivity contribution < 1.29 is 8.42 Å². The van der Waals surface area contributed by atoms with Gasteiger partial charge in [0.05, 0.1) is 15.6 Å². The molecule has 0 saturated heterocycles. The molecule has 0 aliphatic rings. The van der Waals surface area contributed by atoms with E-state index in [4.69, 9.17) is 17.3 Å². The van der Waals surface area contributed by atoms with Gasteiger partial charge >= 0.3 is 0 Å². The average Bonchev–Trinajstić information content (AvgIpc) is 2.33. The van der Waals surface area contributed by atoms with Crippen LogP contribution in [0, 0.1) is 6.92 Å². The SMILES string of the molecule is Cc1cccc(S(=O)(=O)Nc2ccc(N)cc2Cl)c1. The Bertz CT molecular complexity index is 714. The van der Waals surface area contributed by atoms with Crippen molar-refractivity contribution in [2.24, 2.45) is 0 Å². The number of halogens is 1. The van der Waals surface area contributed by atoms with Crippen molar-refractivity contribution in [3.63, 3.8) is 0 Å². The van der Waals surface area contributed by atoms with E-state index in [1.54, 1.807) is 18.2 Å². The van der Waals surface area contributed by atoms with E-state index in [0.29, 0.717) is 11.4 Å². The van der Waals surface area contributed by atoms with Crippen molar-refractivity contribution in [1.82, 2.24) is 0 Å². The molecule has 0 heterocycles. The van der Waals surface area contributed by atoms with Crippen LogP contribution in [0.15, 0.2) is 47.4 Å². The van der Waals surface area contributed by atoms with Gasteiger partial charge in [-0.25, -0.2) is 8.42 Å². The lowest BCUT2D eigenvalue weighted by molar-refractivity contribution is 0.601. The van der Waals surface area contributed by atoms with Gasteiger partial charge < -0.3 is 5.73 Å². The molecule has 0 aliphatic carbocycles. The first kappa shape index (κ1) is 13.7. The van der Waals surface area contributed by atoms with E-state index < -0.39 is 10.0 Å². The highest BCUT2D eigenvalue weighted by Crippen LogP contribution is 2.26. The predicted octanol–water partition coefficient (Wildman–Crippen LogP) is 3.03. The molecule has 19 heavy (non-hydrogen) atoms. The van der Waals surface area contributed by atoms with Gasteiger partial charge in [0, 0.05) is 5.69 Å². The van der Waals surface area contributed by atoms with Crippen LogP contribution in [0.5, 0.6) is 0 Å². The first-order valence-corrected chi connectivity index (χ1v) is 7.39. The molecule has 0 amide bonds. The molecule has 0 fully saturated rings. The molecular formula is C13H13ClN2O2S. The van der Waals surface area contributed by atoms with Crippen LogP contribution in [0.3, 0.4) is 0 Å². The normalized spacial score (nSPS) is 11.3. The fourth-order valence-electron chi connectivity index (χ4n) is 1.60. The third kappa shape index (κ3) is 3.19. The minimum absolute atomic E-state index is 0.195. The molecule has 4 nitrogen and oxygen atoms in total. The van der Waals surface area contributed by atoms with Gasteiger partial charge in [-0.1, -0.05) is 23.7 Å². The lowest BCUT2D eigenvalue weighted by Crippen LogP contribution is -2.13. The number of aryl methyl sites for hydroxylation is 1. The van der Waals surface area contributed by atoms with Crippen molar-refractivity contribution >= 4 is 33.0 Å². The molecule has 0 radical (unpaired) electrons. The summed E-state index contributed by atoms with van der Waals surface area (Å²) in [5, 5.41) is 0.260. The second-order valence-corrected chi connectivity index (χ2v) is 6.25. The van der Waals surface area contributed by atoms with Gasteiger partial charge in [0.15, 0.2) is 0 Å². The van der Waals surface area contributed by atoms with Crippen molar-refractivity contribution in [1.29, 1.82) is 0 Å². The summed E-state index contributed by atoms with van der Waals surface area (Å²) in [6, 6.07) is 11.2. The van der Waals surface area contributed by atoms with E-state index in [-0.39, 0.29) is 9.92 Å². The largest absolute Gasteiger partial charge is 0.399 e. The molecule has 0 saturated carbocycles. The average molecular weight is 297 g/mol. The lowest BCUT2D eigenvalue weighted by Gasteiger charge is -2.10. The first-order chi connectivity index (χ1) is 8.88. The summed E-state index contributed by atoms with van der Waals surface area (Å²) in [5.74, 6) is 0. The van der Waals surface area contributed by atoms with Gasteiger partial charge in [-0.15, -0.1) is 0 Å². The van der Waals surface area contributed by atoms with Gasteiger partial charge in [-0.3, -0.25) is 4.72 Å². The molecule has 3 N–H and O–H groups in total. The van der Waals surface area contributed by atoms with Gasteiger partial charge in [0.1, 0.15) is 0 Å². The standard InChI is InChI=1S/C13H13ClN2O2S/c1-9-3-2-4-11(7-9)19(17,18)16-13-6-5-10(15)8-12(13)14/h2-8,16H,15H2,1H3. The van der Waals surface area contributed by atoms with E-state index in [9.17, 15) is 8.42 Å². The smallest absolute Gasteiger partial charge is 0.261 e. The van der Waals surface area contributed by atoms with Crippen LogP contribution in [0.1, 0.15) is 5.56 Å². The lowest BCUT2D eigenvalue weighted by atomic mass is 10.2. The molecule has 2 aromatic rings. The highest BCUT2D eigenvalue weighted by atomic mass is 35.5. The minimum atomic E-state index is -3.65. The molecule has 0 bridgehead atoms. The predicted molar refractivity (Wildman–Crippen MR) is 77.9 cm³/mol. The van der Waals surface area contributed by atoms with E-state index in [1.165, 1.54) is 18.2 Å². The van der Waals surface area contributed by atoms with Gasteiger partial charge in [0.2, 0.25) is 0 Å². The maximum Gasteiger partial charge on any atom is 0.261 e. The number of nitrogen functional groups attached to an aromatic ring is 1. The highest BCUT2D eigenvalue weighted by Gasteiger charge is 2.15. The van der Waals surface area contributed by atoms with Gasteiger partial charge in [-0.2, -0.15) is 0 Å². The number of sulfonamides is 1.